The highest BCUT2D eigenvalue weighted by atomic mass is 32.1. The summed E-state index contributed by atoms with van der Waals surface area (Å²) < 4.78 is 8.98. The normalized spacial score (nSPS) is 11.3. The van der Waals surface area contributed by atoms with Gasteiger partial charge >= 0.3 is 0 Å². The third kappa shape index (κ3) is 3.64. The third-order valence-corrected chi connectivity index (χ3v) is 9.07. The van der Waals surface area contributed by atoms with E-state index in [1.807, 2.05) is 36.4 Å². The standard InChI is InChI=1S/C38H20N2OS/c1-40-25-18-19-33-32(21-25)30-15-6-14-29(38(30)41-33)28-12-5-11-26(36(28)24-9-4-8-23(20-24)22-39)27-13-7-17-35-37(27)31-10-2-3-16-34(31)42-35/h2-21H. The van der Waals surface area contributed by atoms with Crippen molar-refractivity contribution in [1.29, 1.82) is 5.26 Å². The minimum atomic E-state index is 0.586. The van der Waals surface area contributed by atoms with Gasteiger partial charge in [-0.3, -0.25) is 0 Å². The maximum Gasteiger partial charge on any atom is 0.188 e. The number of nitriles is 1. The van der Waals surface area contributed by atoms with Crippen LogP contribution >= 0.6 is 11.3 Å². The van der Waals surface area contributed by atoms with Gasteiger partial charge in [-0.1, -0.05) is 84.9 Å². The van der Waals surface area contributed by atoms with Crippen LogP contribution in [-0.4, -0.2) is 0 Å². The van der Waals surface area contributed by atoms with Crippen LogP contribution < -0.4 is 0 Å². The summed E-state index contributed by atoms with van der Waals surface area (Å²) in [6.07, 6.45) is 0. The zero-order valence-corrected chi connectivity index (χ0v) is 23.1. The number of fused-ring (bicyclic) bond motifs is 6. The third-order valence-electron chi connectivity index (χ3n) is 7.94. The molecule has 0 fully saturated rings. The summed E-state index contributed by atoms with van der Waals surface area (Å²) >= 11 is 1.81. The molecule has 0 aliphatic rings. The Kier molecular flexibility index (Phi) is 5.44. The molecule has 4 heteroatoms. The zero-order chi connectivity index (χ0) is 28.2. The van der Waals surface area contributed by atoms with Crippen LogP contribution in [-0.2, 0) is 0 Å². The molecule has 0 saturated carbocycles. The van der Waals surface area contributed by atoms with Crippen LogP contribution in [0.15, 0.2) is 126 Å². The quantitative estimate of drug-likeness (QED) is 0.205. The number of rotatable bonds is 3. The largest absolute Gasteiger partial charge is 0.456 e. The van der Waals surface area contributed by atoms with Gasteiger partial charge in [0.2, 0.25) is 0 Å². The molecule has 0 radical (unpaired) electrons. The van der Waals surface area contributed by atoms with Crippen LogP contribution in [0.5, 0.6) is 0 Å². The SMILES string of the molecule is [C-]#[N+]c1ccc2oc3c(-c4cccc(-c5cccc6sc7ccccc7c56)c4-c4cccc(C#N)c4)cccc3c2c1. The van der Waals surface area contributed by atoms with Crippen LogP contribution in [0.4, 0.5) is 5.69 Å². The smallest absolute Gasteiger partial charge is 0.188 e. The molecule has 8 aromatic rings. The summed E-state index contributed by atoms with van der Waals surface area (Å²) in [7, 11) is 0. The Morgan fingerprint density at radius 1 is 0.643 bits per heavy atom. The van der Waals surface area contributed by atoms with Crippen molar-refractivity contribution in [3.63, 3.8) is 0 Å². The number of benzene rings is 6. The van der Waals surface area contributed by atoms with Gasteiger partial charge in [0.05, 0.1) is 18.2 Å². The Morgan fingerprint density at radius 3 is 2.24 bits per heavy atom. The summed E-state index contributed by atoms with van der Waals surface area (Å²) in [6.45, 7) is 7.49. The number of hydrogen-bond donors (Lipinski definition) is 0. The lowest BCUT2D eigenvalue weighted by Gasteiger charge is -2.17. The highest BCUT2D eigenvalue weighted by molar-refractivity contribution is 7.25. The summed E-state index contributed by atoms with van der Waals surface area (Å²) in [5.41, 5.74) is 8.99. The van der Waals surface area contributed by atoms with Gasteiger partial charge in [-0.05, 0) is 64.2 Å². The molecule has 0 atom stereocenters. The molecule has 0 bridgehead atoms. The van der Waals surface area contributed by atoms with Gasteiger partial charge in [-0.15, -0.1) is 11.3 Å². The lowest BCUT2D eigenvalue weighted by atomic mass is 9.85. The first-order valence-corrected chi connectivity index (χ1v) is 14.4. The maximum absolute atomic E-state index is 9.79. The molecule has 0 N–H and O–H groups in total. The first-order chi connectivity index (χ1) is 20.7. The van der Waals surface area contributed by atoms with E-state index in [9.17, 15) is 5.26 Å². The molecule has 194 valence electrons. The van der Waals surface area contributed by atoms with Crippen LogP contribution in [0.1, 0.15) is 5.56 Å². The fourth-order valence-electron chi connectivity index (χ4n) is 6.12. The van der Waals surface area contributed by atoms with Crippen molar-refractivity contribution in [2.45, 2.75) is 0 Å². The number of furan rings is 1. The second-order valence-electron chi connectivity index (χ2n) is 10.3. The van der Waals surface area contributed by atoms with E-state index in [0.29, 0.717) is 11.3 Å². The van der Waals surface area contributed by atoms with Crippen molar-refractivity contribution in [3.05, 3.63) is 138 Å². The van der Waals surface area contributed by atoms with Crippen LogP contribution in [0.3, 0.4) is 0 Å². The minimum Gasteiger partial charge on any atom is -0.456 e. The van der Waals surface area contributed by atoms with Crippen molar-refractivity contribution in [1.82, 2.24) is 0 Å². The highest BCUT2D eigenvalue weighted by Crippen LogP contribution is 2.47. The van der Waals surface area contributed by atoms with Gasteiger partial charge in [0.25, 0.3) is 0 Å². The molecule has 0 unspecified atom stereocenters. The van der Waals surface area contributed by atoms with E-state index < -0.39 is 0 Å². The minimum absolute atomic E-state index is 0.586. The van der Waals surface area contributed by atoms with Gasteiger partial charge in [0.1, 0.15) is 11.2 Å². The monoisotopic (exact) mass is 552 g/mol. The predicted molar refractivity (Wildman–Crippen MR) is 174 cm³/mol. The summed E-state index contributed by atoms with van der Waals surface area (Å²) in [6, 6.07) is 43.4. The highest BCUT2D eigenvalue weighted by Gasteiger charge is 2.21. The summed E-state index contributed by atoms with van der Waals surface area (Å²) in [4.78, 5) is 3.63. The Bertz CT molecular complexity index is 2450. The van der Waals surface area contributed by atoms with Gasteiger partial charge < -0.3 is 4.42 Å². The summed E-state index contributed by atoms with van der Waals surface area (Å²) in [5.74, 6) is 0. The number of nitrogens with zero attached hydrogens (tertiary/aromatic N) is 2. The van der Waals surface area contributed by atoms with Gasteiger partial charge in [0.15, 0.2) is 5.69 Å². The second-order valence-corrected chi connectivity index (χ2v) is 11.4. The van der Waals surface area contributed by atoms with E-state index >= 15 is 0 Å². The van der Waals surface area contributed by atoms with Crippen molar-refractivity contribution >= 4 is 59.1 Å². The van der Waals surface area contributed by atoms with E-state index in [2.05, 4.69) is 89.8 Å². The van der Waals surface area contributed by atoms with E-state index in [4.69, 9.17) is 11.0 Å². The lowest BCUT2D eigenvalue weighted by molar-refractivity contribution is 0.670. The van der Waals surface area contributed by atoms with E-state index in [-0.39, 0.29) is 0 Å². The molecule has 6 aromatic carbocycles. The predicted octanol–water partition coefficient (Wildman–Crippen LogP) is 11.4. The summed E-state index contributed by atoms with van der Waals surface area (Å²) in [5, 5.41) is 14.2. The first kappa shape index (κ1) is 24.1. The molecule has 0 spiro atoms. The van der Waals surface area contributed by atoms with Gasteiger partial charge in [-0.25, -0.2) is 4.85 Å². The molecule has 0 aliphatic heterocycles. The number of hydrogen-bond acceptors (Lipinski definition) is 3. The zero-order valence-electron chi connectivity index (χ0n) is 22.3. The Labute approximate surface area is 245 Å². The molecule has 3 nitrogen and oxygen atoms in total. The first-order valence-electron chi connectivity index (χ1n) is 13.6. The van der Waals surface area contributed by atoms with Crippen LogP contribution in [0.25, 0.3) is 80.3 Å². The molecule has 2 aromatic heterocycles. The molecule has 0 saturated heterocycles. The molecule has 0 amide bonds. The number of para-hydroxylation sites is 1. The topological polar surface area (TPSA) is 41.3 Å². The molecular formula is C38H20N2OS. The Hall–Kier alpha value is -5.68. The maximum atomic E-state index is 9.79. The van der Waals surface area contributed by atoms with E-state index in [1.165, 1.54) is 20.2 Å². The number of thiophene rings is 1. The van der Waals surface area contributed by atoms with Crippen molar-refractivity contribution in [2.24, 2.45) is 0 Å². The average Bonchev–Trinajstić information content (AvgIpc) is 3.62. The molecular weight excluding hydrogens is 532 g/mol. The Balaban J connectivity index is 1.49. The fourth-order valence-corrected chi connectivity index (χ4v) is 7.26. The van der Waals surface area contributed by atoms with E-state index in [1.54, 1.807) is 17.4 Å². The van der Waals surface area contributed by atoms with E-state index in [0.717, 1.165) is 55.3 Å². The molecule has 0 aliphatic carbocycles. The van der Waals surface area contributed by atoms with Crippen molar-refractivity contribution in [2.75, 3.05) is 0 Å². The molecule has 8 rings (SSSR count). The Morgan fingerprint density at radius 2 is 1.36 bits per heavy atom. The molecule has 42 heavy (non-hydrogen) atoms. The lowest BCUT2D eigenvalue weighted by Crippen LogP contribution is -1.92. The van der Waals surface area contributed by atoms with Crippen LogP contribution in [0, 0.1) is 17.9 Å². The fraction of sp³-hybridized carbons (Fsp3) is 0. The van der Waals surface area contributed by atoms with Gasteiger partial charge in [-0.2, -0.15) is 5.26 Å². The van der Waals surface area contributed by atoms with Crippen molar-refractivity contribution < 1.29 is 4.42 Å². The van der Waals surface area contributed by atoms with Crippen molar-refractivity contribution in [3.8, 4) is 39.4 Å². The second kappa shape index (κ2) is 9.46. The van der Waals surface area contributed by atoms with Gasteiger partial charge in [0, 0.05) is 36.5 Å². The average molecular weight is 553 g/mol. The van der Waals surface area contributed by atoms with Crippen LogP contribution in [0.2, 0.25) is 0 Å². The molecule has 2 heterocycles.